The van der Waals surface area contributed by atoms with Crippen LogP contribution in [0.1, 0.15) is 5.69 Å². The van der Waals surface area contributed by atoms with E-state index in [0.29, 0.717) is 26.6 Å². The van der Waals surface area contributed by atoms with Crippen molar-refractivity contribution >= 4 is 51.5 Å². The summed E-state index contributed by atoms with van der Waals surface area (Å²) in [5.74, 6) is -0.341. The highest BCUT2D eigenvalue weighted by Crippen LogP contribution is 2.26. The van der Waals surface area contributed by atoms with Gasteiger partial charge in [0, 0.05) is 11.4 Å². The fourth-order valence-electron chi connectivity index (χ4n) is 1.54. The molecular weight excluding hydrogens is 363 g/mol. The van der Waals surface area contributed by atoms with Crippen LogP contribution in [-0.4, -0.2) is 30.6 Å². The van der Waals surface area contributed by atoms with Gasteiger partial charge in [-0.2, -0.15) is 0 Å². The minimum atomic E-state index is -0.392. The lowest BCUT2D eigenvalue weighted by Crippen LogP contribution is -2.20. The second-order valence-corrected chi connectivity index (χ2v) is 5.98. The average molecular weight is 375 g/mol. The maximum absolute atomic E-state index is 11.8. The summed E-state index contributed by atoms with van der Waals surface area (Å²) in [6, 6.07) is 4.71. The van der Waals surface area contributed by atoms with Crippen LogP contribution in [0.25, 0.3) is 0 Å². The first-order chi connectivity index (χ1) is 11.0. The predicted molar refractivity (Wildman–Crippen MR) is 88.4 cm³/mol. The summed E-state index contributed by atoms with van der Waals surface area (Å²) in [7, 11) is 1.30. The largest absolute Gasteiger partial charge is 0.484 e. The lowest BCUT2D eigenvalue weighted by Gasteiger charge is -2.06. The molecule has 1 aromatic carbocycles. The molecule has 2 rings (SSSR count). The van der Waals surface area contributed by atoms with Gasteiger partial charge in [0.2, 0.25) is 0 Å². The molecule has 0 saturated carbocycles. The van der Waals surface area contributed by atoms with Gasteiger partial charge < -0.3 is 9.47 Å². The SMILES string of the molecule is COC(=O)Cc1csc(NC(=O)COc2ccc(Cl)c(Cl)c2)n1. The first-order valence-electron chi connectivity index (χ1n) is 6.37. The Kier molecular flexibility index (Phi) is 6.20. The van der Waals surface area contributed by atoms with Crippen LogP contribution in [0.3, 0.4) is 0 Å². The predicted octanol–water partition coefficient (Wildman–Crippen LogP) is 3.18. The van der Waals surface area contributed by atoms with E-state index in [1.54, 1.807) is 17.5 Å². The number of ether oxygens (including phenoxy) is 2. The van der Waals surface area contributed by atoms with Crippen molar-refractivity contribution in [2.75, 3.05) is 19.0 Å². The van der Waals surface area contributed by atoms with Gasteiger partial charge in [-0.3, -0.25) is 14.9 Å². The molecule has 2 aromatic rings. The number of anilines is 1. The van der Waals surface area contributed by atoms with Gasteiger partial charge in [-0.25, -0.2) is 4.98 Å². The number of nitrogens with zero attached hydrogens (tertiary/aromatic N) is 1. The minimum Gasteiger partial charge on any atom is -0.484 e. The number of amides is 1. The first-order valence-corrected chi connectivity index (χ1v) is 8.00. The maximum Gasteiger partial charge on any atom is 0.311 e. The second-order valence-electron chi connectivity index (χ2n) is 4.31. The summed E-state index contributed by atoms with van der Waals surface area (Å²) in [6.45, 7) is -0.204. The van der Waals surface area contributed by atoms with E-state index in [2.05, 4.69) is 15.0 Å². The molecule has 122 valence electrons. The number of methoxy groups -OCH3 is 1. The topological polar surface area (TPSA) is 77.5 Å². The lowest BCUT2D eigenvalue weighted by atomic mass is 10.3. The highest BCUT2D eigenvalue weighted by Gasteiger charge is 2.10. The third-order valence-corrected chi connectivity index (χ3v) is 4.16. The van der Waals surface area contributed by atoms with Crippen LogP contribution < -0.4 is 10.1 Å². The van der Waals surface area contributed by atoms with Crippen molar-refractivity contribution in [1.29, 1.82) is 0 Å². The van der Waals surface area contributed by atoms with Gasteiger partial charge in [0.05, 0.1) is 29.3 Å². The number of carbonyl (C=O) groups excluding carboxylic acids is 2. The summed E-state index contributed by atoms with van der Waals surface area (Å²) < 4.78 is 9.86. The van der Waals surface area contributed by atoms with E-state index in [1.807, 2.05) is 0 Å². The van der Waals surface area contributed by atoms with E-state index in [9.17, 15) is 9.59 Å². The van der Waals surface area contributed by atoms with Gasteiger partial charge in [0.15, 0.2) is 11.7 Å². The number of carbonyl (C=O) groups is 2. The zero-order chi connectivity index (χ0) is 16.8. The van der Waals surface area contributed by atoms with E-state index in [0.717, 1.165) is 0 Å². The fourth-order valence-corrected chi connectivity index (χ4v) is 2.55. The van der Waals surface area contributed by atoms with E-state index in [-0.39, 0.29) is 18.9 Å². The zero-order valence-corrected chi connectivity index (χ0v) is 14.3. The van der Waals surface area contributed by atoms with Crippen LogP contribution in [0.15, 0.2) is 23.6 Å². The molecule has 0 unspecified atom stereocenters. The molecule has 0 aliphatic carbocycles. The van der Waals surface area contributed by atoms with Crippen LogP contribution >= 0.6 is 34.5 Å². The van der Waals surface area contributed by atoms with Gasteiger partial charge >= 0.3 is 5.97 Å². The molecule has 0 bridgehead atoms. The van der Waals surface area contributed by atoms with Gasteiger partial charge in [0.1, 0.15) is 5.75 Å². The molecule has 0 aliphatic rings. The van der Waals surface area contributed by atoms with Crippen molar-refractivity contribution in [3.8, 4) is 5.75 Å². The Balaban J connectivity index is 1.85. The van der Waals surface area contributed by atoms with Crippen molar-refractivity contribution in [1.82, 2.24) is 4.98 Å². The highest BCUT2D eigenvalue weighted by atomic mass is 35.5. The Bertz CT molecular complexity index is 721. The fraction of sp³-hybridized carbons (Fsp3) is 0.214. The van der Waals surface area contributed by atoms with Gasteiger partial charge in [-0.1, -0.05) is 23.2 Å². The number of esters is 1. The van der Waals surface area contributed by atoms with Gasteiger partial charge in [-0.15, -0.1) is 11.3 Å². The van der Waals surface area contributed by atoms with Gasteiger partial charge in [-0.05, 0) is 12.1 Å². The van der Waals surface area contributed by atoms with E-state index in [1.165, 1.54) is 24.5 Å². The summed E-state index contributed by atoms with van der Waals surface area (Å²) >= 11 is 12.9. The molecule has 1 heterocycles. The quantitative estimate of drug-likeness (QED) is 0.785. The van der Waals surface area contributed by atoms with Crippen molar-refractivity contribution in [2.24, 2.45) is 0 Å². The third kappa shape index (κ3) is 5.38. The Morgan fingerprint density at radius 2 is 2.09 bits per heavy atom. The standard InChI is InChI=1S/C14H12Cl2N2O4S/c1-21-13(20)4-8-7-23-14(17-8)18-12(19)6-22-9-2-3-10(15)11(16)5-9/h2-3,5,7H,4,6H2,1H3,(H,17,18,19). The third-order valence-electron chi connectivity index (χ3n) is 2.61. The lowest BCUT2D eigenvalue weighted by molar-refractivity contribution is -0.139. The number of benzene rings is 1. The monoisotopic (exact) mass is 374 g/mol. The molecule has 1 aromatic heterocycles. The van der Waals surface area contributed by atoms with E-state index in [4.69, 9.17) is 27.9 Å². The number of thiazole rings is 1. The number of aromatic nitrogens is 1. The molecule has 1 N–H and O–H groups in total. The van der Waals surface area contributed by atoms with Crippen molar-refractivity contribution < 1.29 is 19.1 Å². The maximum atomic E-state index is 11.8. The van der Waals surface area contributed by atoms with Gasteiger partial charge in [0.25, 0.3) is 5.91 Å². The van der Waals surface area contributed by atoms with Crippen LogP contribution in [0.4, 0.5) is 5.13 Å². The zero-order valence-electron chi connectivity index (χ0n) is 12.0. The normalized spacial score (nSPS) is 10.2. The number of rotatable bonds is 6. The number of hydrogen-bond acceptors (Lipinski definition) is 6. The van der Waals surface area contributed by atoms with Crippen molar-refractivity contribution in [3.63, 3.8) is 0 Å². The second kappa shape index (κ2) is 8.14. The molecule has 9 heteroatoms. The van der Waals surface area contributed by atoms with Crippen molar-refractivity contribution in [2.45, 2.75) is 6.42 Å². The Labute approximate surface area is 146 Å². The molecule has 1 amide bonds. The Morgan fingerprint density at radius 3 is 2.78 bits per heavy atom. The molecule has 0 aliphatic heterocycles. The number of halogens is 2. The Morgan fingerprint density at radius 1 is 1.30 bits per heavy atom. The smallest absolute Gasteiger partial charge is 0.311 e. The summed E-state index contributed by atoms with van der Waals surface area (Å²) in [6.07, 6.45) is 0.0582. The number of hydrogen-bond donors (Lipinski definition) is 1. The first kappa shape index (κ1) is 17.5. The molecule has 0 saturated heterocycles. The van der Waals surface area contributed by atoms with E-state index >= 15 is 0 Å². The molecule has 0 spiro atoms. The van der Waals surface area contributed by atoms with Crippen LogP contribution in [0.5, 0.6) is 5.75 Å². The molecule has 0 fully saturated rings. The molecule has 6 nitrogen and oxygen atoms in total. The van der Waals surface area contributed by atoms with Crippen LogP contribution in [0, 0.1) is 0 Å². The summed E-state index contributed by atoms with van der Waals surface area (Å²) in [5.41, 5.74) is 0.530. The summed E-state index contributed by atoms with van der Waals surface area (Å²) in [5, 5.41) is 5.39. The van der Waals surface area contributed by atoms with E-state index < -0.39 is 5.97 Å². The number of nitrogens with one attached hydrogen (secondary N) is 1. The van der Waals surface area contributed by atoms with Crippen LogP contribution in [-0.2, 0) is 20.7 Å². The average Bonchev–Trinajstić information content (AvgIpc) is 2.95. The van der Waals surface area contributed by atoms with Crippen LogP contribution in [0.2, 0.25) is 10.0 Å². The van der Waals surface area contributed by atoms with Crippen molar-refractivity contribution in [3.05, 3.63) is 39.3 Å². The molecule has 0 radical (unpaired) electrons. The summed E-state index contributed by atoms with van der Waals surface area (Å²) in [4.78, 5) is 27.1. The molecule has 23 heavy (non-hydrogen) atoms. The highest BCUT2D eigenvalue weighted by molar-refractivity contribution is 7.13. The molecular formula is C14H12Cl2N2O4S. The molecule has 0 atom stereocenters. The minimum absolute atomic E-state index is 0.0582. The Hall–Kier alpha value is -1.83.